The van der Waals surface area contributed by atoms with Gasteiger partial charge in [0.1, 0.15) is 17.6 Å². The Kier molecular flexibility index (Phi) is 5.05. The van der Waals surface area contributed by atoms with E-state index in [9.17, 15) is 17.6 Å². The monoisotopic (exact) mass is 404 g/mol. The number of hydrogen-bond donors (Lipinski definition) is 0. The first-order valence-electron chi connectivity index (χ1n) is 8.49. The molecule has 0 saturated carbocycles. The summed E-state index contributed by atoms with van der Waals surface area (Å²) in [4.78, 5) is 0. The maximum atomic E-state index is 13.8. The number of nitriles is 1. The van der Waals surface area contributed by atoms with Crippen LogP contribution in [0.4, 0.5) is 17.6 Å². The first kappa shape index (κ1) is 20.3. The van der Waals surface area contributed by atoms with E-state index in [2.05, 4.69) is 10.2 Å². The highest BCUT2D eigenvalue weighted by Gasteiger charge is 2.36. The van der Waals surface area contributed by atoms with Crippen LogP contribution in [0.2, 0.25) is 0 Å². The van der Waals surface area contributed by atoms with Crippen molar-refractivity contribution in [3.63, 3.8) is 0 Å². The van der Waals surface area contributed by atoms with Crippen molar-refractivity contribution in [3.8, 4) is 23.2 Å². The lowest BCUT2D eigenvalue weighted by Crippen LogP contribution is -2.29. The van der Waals surface area contributed by atoms with Crippen LogP contribution in [0.25, 0.3) is 11.4 Å². The van der Waals surface area contributed by atoms with Gasteiger partial charge in [0.25, 0.3) is 0 Å². The Hall–Kier alpha value is -3.41. The van der Waals surface area contributed by atoms with E-state index in [0.29, 0.717) is 0 Å². The minimum absolute atomic E-state index is 0.0237. The van der Waals surface area contributed by atoms with Crippen LogP contribution in [0.15, 0.2) is 42.5 Å². The smallest absolute Gasteiger partial charge is 0.417 e. The van der Waals surface area contributed by atoms with Crippen LogP contribution in [0.1, 0.15) is 30.8 Å². The second-order valence-corrected chi connectivity index (χ2v) is 6.82. The standard InChI is InChI=1S/C20H16F4N4O/c1-19(2,29-13-9-8-12(11-25)16(21)10-13)18-27-26-17(28(18)3)14-6-4-5-7-15(14)20(22,23)24/h4-10H,1-3H3. The van der Waals surface area contributed by atoms with E-state index in [1.54, 1.807) is 19.9 Å². The zero-order valence-corrected chi connectivity index (χ0v) is 15.8. The lowest BCUT2D eigenvalue weighted by molar-refractivity contribution is -0.137. The van der Waals surface area contributed by atoms with Crippen molar-refractivity contribution in [2.45, 2.75) is 25.6 Å². The molecule has 0 saturated heterocycles. The van der Waals surface area contributed by atoms with Gasteiger partial charge in [-0.15, -0.1) is 10.2 Å². The van der Waals surface area contributed by atoms with Gasteiger partial charge >= 0.3 is 6.18 Å². The van der Waals surface area contributed by atoms with Crippen LogP contribution >= 0.6 is 0 Å². The van der Waals surface area contributed by atoms with E-state index in [1.165, 1.54) is 41.9 Å². The second-order valence-electron chi connectivity index (χ2n) is 6.82. The molecule has 0 aliphatic carbocycles. The summed E-state index contributed by atoms with van der Waals surface area (Å²) in [6.07, 6.45) is -4.55. The summed E-state index contributed by atoms with van der Waals surface area (Å²) >= 11 is 0. The quantitative estimate of drug-likeness (QED) is 0.585. The average molecular weight is 404 g/mol. The summed E-state index contributed by atoms with van der Waals surface area (Å²) in [6.45, 7) is 3.26. The summed E-state index contributed by atoms with van der Waals surface area (Å²) in [5.41, 5.74) is -2.20. The van der Waals surface area contributed by atoms with E-state index < -0.39 is 23.2 Å². The maximum absolute atomic E-state index is 13.8. The van der Waals surface area contributed by atoms with Gasteiger partial charge in [-0.3, -0.25) is 0 Å². The molecule has 150 valence electrons. The minimum atomic E-state index is -4.55. The molecule has 0 amide bonds. The number of halogens is 4. The molecule has 0 unspecified atom stereocenters. The normalized spacial score (nSPS) is 11.9. The lowest BCUT2D eigenvalue weighted by atomic mass is 10.1. The number of hydrogen-bond acceptors (Lipinski definition) is 4. The zero-order valence-electron chi connectivity index (χ0n) is 15.8. The summed E-state index contributed by atoms with van der Waals surface area (Å²) < 4.78 is 61.1. The fourth-order valence-electron chi connectivity index (χ4n) is 3.00. The van der Waals surface area contributed by atoms with Gasteiger partial charge in [-0.2, -0.15) is 18.4 Å². The molecule has 3 rings (SSSR count). The Morgan fingerprint density at radius 2 is 1.76 bits per heavy atom. The molecule has 1 aromatic heterocycles. The third-order valence-corrected chi connectivity index (χ3v) is 4.32. The van der Waals surface area contributed by atoms with Gasteiger partial charge in [0, 0.05) is 18.7 Å². The molecule has 0 spiro atoms. The SMILES string of the molecule is Cn1c(-c2ccccc2C(F)(F)F)nnc1C(C)(C)Oc1ccc(C#N)c(F)c1. The van der Waals surface area contributed by atoms with Crippen molar-refractivity contribution in [2.75, 3.05) is 0 Å². The van der Waals surface area contributed by atoms with E-state index >= 15 is 0 Å². The van der Waals surface area contributed by atoms with E-state index in [4.69, 9.17) is 10.00 Å². The molecule has 1 heterocycles. The molecular weight excluding hydrogens is 388 g/mol. The van der Waals surface area contributed by atoms with E-state index in [1.807, 2.05) is 0 Å². The van der Waals surface area contributed by atoms with Crippen LogP contribution in [-0.2, 0) is 18.8 Å². The molecule has 0 atom stereocenters. The summed E-state index contributed by atoms with van der Waals surface area (Å²) in [5.74, 6) is -0.324. The van der Waals surface area contributed by atoms with Crippen molar-refractivity contribution in [1.29, 1.82) is 5.26 Å². The lowest BCUT2D eigenvalue weighted by Gasteiger charge is -2.25. The van der Waals surface area contributed by atoms with Crippen LogP contribution < -0.4 is 4.74 Å². The Morgan fingerprint density at radius 1 is 1.07 bits per heavy atom. The first-order chi connectivity index (χ1) is 13.5. The number of alkyl halides is 3. The minimum Gasteiger partial charge on any atom is -0.480 e. The van der Waals surface area contributed by atoms with Gasteiger partial charge in [-0.05, 0) is 32.0 Å². The van der Waals surface area contributed by atoms with Crippen molar-refractivity contribution >= 4 is 0 Å². The van der Waals surface area contributed by atoms with Crippen LogP contribution in [0.3, 0.4) is 0 Å². The first-order valence-corrected chi connectivity index (χ1v) is 8.49. The van der Waals surface area contributed by atoms with Crippen LogP contribution in [-0.4, -0.2) is 14.8 Å². The molecule has 0 fully saturated rings. The van der Waals surface area contributed by atoms with Gasteiger partial charge in [0.05, 0.1) is 11.1 Å². The largest absolute Gasteiger partial charge is 0.480 e. The Morgan fingerprint density at radius 3 is 2.38 bits per heavy atom. The third-order valence-electron chi connectivity index (χ3n) is 4.32. The highest BCUT2D eigenvalue weighted by atomic mass is 19.4. The van der Waals surface area contributed by atoms with Gasteiger partial charge in [-0.1, -0.05) is 18.2 Å². The van der Waals surface area contributed by atoms with Crippen LogP contribution in [0, 0.1) is 17.1 Å². The third kappa shape index (κ3) is 3.92. The van der Waals surface area contributed by atoms with Crippen molar-refractivity contribution in [1.82, 2.24) is 14.8 Å². The maximum Gasteiger partial charge on any atom is 0.417 e. The fraction of sp³-hybridized carbons (Fsp3) is 0.250. The topological polar surface area (TPSA) is 63.7 Å². The van der Waals surface area contributed by atoms with Gasteiger partial charge in [0.15, 0.2) is 17.2 Å². The predicted molar refractivity (Wildman–Crippen MR) is 96.2 cm³/mol. The molecule has 3 aromatic rings. The number of aromatic nitrogens is 3. The zero-order chi connectivity index (χ0) is 21.4. The van der Waals surface area contributed by atoms with Gasteiger partial charge in [-0.25, -0.2) is 4.39 Å². The van der Waals surface area contributed by atoms with Gasteiger partial charge in [0.2, 0.25) is 0 Å². The van der Waals surface area contributed by atoms with Crippen molar-refractivity contribution in [3.05, 3.63) is 65.2 Å². The number of rotatable bonds is 4. The van der Waals surface area contributed by atoms with E-state index in [0.717, 1.165) is 12.1 Å². The second kappa shape index (κ2) is 7.20. The summed E-state index contributed by atoms with van der Waals surface area (Å²) in [7, 11) is 1.53. The number of ether oxygens (including phenoxy) is 1. The Labute approximate surface area is 164 Å². The van der Waals surface area contributed by atoms with Crippen molar-refractivity contribution in [2.24, 2.45) is 7.05 Å². The molecule has 0 bridgehead atoms. The molecule has 0 aliphatic rings. The molecule has 0 aliphatic heterocycles. The number of nitrogens with zero attached hydrogens (tertiary/aromatic N) is 4. The molecular formula is C20H16F4N4O. The molecule has 2 aromatic carbocycles. The number of benzene rings is 2. The van der Waals surface area contributed by atoms with Crippen molar-refractivity contribution < 1.29 is 22.3 Å². The highest BCUT2D eigenvalue weighted by Crippen LogP contribution is 2.37. The average Bonchev–Trinajstić information content (AvgIpc) is 3.03. The predicted octanol–water partition coefficient (Wildman–Crippen LogP) is 4.83. The van der Waals surface area contributed by atoms with Crippen LogP contribution in [0.5, 0.6) is 5.75 Å². The molecule has 29 heavy (non-hydrogen) atoms. The molecule has 0 N–H and O–H groups in total. The Balaban J connectivity index is 1.99. The molecule has 9 heteroatoms. The van der Waals surface area contributed by atoms with E-state index in [-0.39, 0.29) is 28.5 Å². The fourth-order valence-corrected chi connectivity index (χ4v) is 3.00. The molecule has 5 nitrogen and oxygen atoms in total. The van der Waals surface area contributed by atoms with Gasteiger partial charge < -0.3 is 9.30 Å². The molecule has 0 radical (unpaired) electrons. The summed E-state index contributed by atoms with van der Waals surface area (Å²) in [6, 6.07) is 10.6. The highest BCUT2D eigenvalue weighted by molar-refractivity contribution is 5.61. The summed E-state index contributed by atoms with van der Waals surface area (Å²) in [5, 5.41) is 16.8. The Bertz CT molecular complexity index is 1100.